The second-order valence-electron chi connectivity index (χ2n) is 5.18. The Bertz CT molecular complexity index is 672. The summed E-state index contributed by atoms with van der Waals surface area (Å²) in [5.41, 5.74) is 11.0. The molecule has 1 aromatic heterocycles. The van der Waals surface area contributed by atoms with E-state index < -0.39 is 18.0 Å². The minimum Gasteiger partial charge on any atom is -0.316 e. The molecule has 1 aromatic carbocycles. The zero-order valence-electron chi connectivity index (χ0n) is 12.9. The van der Waals surface area contributed by atoms with E-state index in [1.807, 2.05) is 19.9 Å². The van der Waals surface area contributed by atoms with Crippen LogP contribution >= 0.6 is 11.3 Å². The van der Waals surface area contributed by atoms with Crippen LogP contribution in [-0.2, 0) is 4.79 Å². The highest BCUT2D eigenvalue weighted by atomic mass is 32.1. The first kappa shape index (κ1) is 16.9. The number of hydrogen-bond acceptors (Lipinski definition) is 5. The normalized spacial score (nSPS) is 11.8. The van der Waals surface area contributed by atoms with Crippen molar-refractivity contribution in [1.29, 1.82) is 0 Å². The average Bonchev–Trinajstić information content (AvgIpc) is 3.01. The molecule has 0 fully saturated rings. The summed E-state index contributed by atoms with van der Waals surface area (Å²) in [6.07, 6.45) is 1.72. The van der Waals surface area contributed by atoms with Gasteiger partial charge >= 0.3 is 6.03 Å². The van der Waals surface area contributed by atoms with Gasteiger partial charge in [0.15, 0.2) is 5.13 Å². The SMILES string of the molecule is CC(C)c1cnc(NC(=O)NNC(=O)[C@@H](N)c2ccccc2)s1. The van der Waals surface area contributed by atoms with Crippen molar-refractivity contribution in [3.8, 4) is 0 Å². The lowest BCUT2D eigenvalue weighted by molar-refractivity contribution is -0.123. The van der Waals surface area contributed by atoms with Gasteiger partial charge in [-0.1, -0.05) is 44.2 Å². The van der Waals surface area contributed by atoms with E-state index in [-0.39, 0.29) is 0 Å². The molecule has 1 heterocycles. The maximum Gasteiger partial charge on any atom is 0.339 e. The first-order chi connectivity index (χ1) is 11.0. The molecule has 0 bridgehead atoms. The zero-order chi connectivity index (χ0) is 16.8. The molecule has 5 N–H and O–H groups in total. The third kappa shape index (κ3) is 4.76. The standard InChI is InChI=1S/C15H19N5O2S/c1-9(2)11-8-17-15(23-11)18-14(22)20-19-13(21)12(16)10-6-4-3-5-7-10/h3-9,12H,16H2,1-2H3,(H,19,21)(H2,17,18,20,22)/t12-/m0/s1. The number of thiazole rings is 1. The maximum absolute atomic E-state index is 11.9. The number of carbonyl (C=O) groups excluding carboxylic acids is 2. The van der Waals surface area contributed by atoms with Gasteiger partial charge in [0.05, 0.1) is 0 Å². The van der Waals surface area contributed by atoms with Crippen LogP contribution in [0.4, 0.5) is 9.93 Å². The predicted molar refractivity (Wildman–Crippen MR) is 89.9 cm³/mol. The quantitative estimate of drug-likeness (QED) is 0.642. The van der Waals surface area contributed by atoms with Gasteiger partial charge < -0.3 is 5.73 Å². The molecule has 122 valence electrons. The van der Waals surface area contributed by atoms with Gasteiger partial charge in [-0.3, -0.25) is 15.5 Å². The van der Waals surface area contributed by atoms with Gasteiger partial charge in [0.25, 0.3) is 5.91 Å². The molecular formula is C15H19N5O2S. The van der Waals surface area contributed by atoms with Gasteiger partial charge in [-0.15, -0.1) is 11.3 Å². The topological polar surface area (TPSA) is 109 Å². The zero-order valence-corrected chi connectivity index (χ0v) is 13.7. The number of nitrogens with zero attached hydrogens (tertiary/aromatic N) is 1. The van der Waals surface area contributed by atoms with Crippen LogP contribution in [0.5, 0.6) is 0 Å². The van der Waals surface area contributed by atoms with E-state index in [0.29, 0.717) is 16.6 Å². The Kier molecular flexibility index (Phi) is 5.67. The van der Waals surface area contributed by atoms with Gasteiger partial charge in [-0.25, -0.2) is 15.2 Å². The molecule has 0 aliphatic rings. The van der Waals surface area contributed by atoms with Crippen molar-refractivity contribution in [2.45, 2.75) is 25.8 Å². The Balaban J connectivity index is 1.82. The lowest BCUT2D eigenvalue weighted by Gasteiger charge is -2.13. The van der Waals surface area contributed by atoms with Crippen molar-refractivity contribution in [1.82, 2.24) is 15.8 Å². The number of nitrogens with one attached hydrogen (secondary N) is 3. The number of aromatic nitrogens is 1. The van der Waals surface area contributed by atoms with Crippen LogP contribution in [0.3, 0.4) is 0 Å². The molecule has 1 atom stereocenters. The van der Waals surface area contributed by atoms with E-state index in [4.69, 9.17) is 5.73 Å². The Morgan fingerprint density at radius 3 is 2.48 bits per heavy atom. The summed E-state index contributed by atoms with van der Waals surface area (Å²) < 4.78 is 0. The molecule has 23 heavy (non-hydrogen) atoms. The Hall–Kier alpha value is -2.45. The first-order valence-corrected chi connectivity index (χ1v) is 7.92. The Labute approximate surface area is 138 Å². The molecule has 8 heteroatoms. The molecule has 0 spiro atoms. The molecule has 0 saturated carbocycles. The Morgan fingerprint density at radius 2 is 1.87 bits per heavy atom. The summed E-state index contributed by atoms with van der Waals surface area (Å²) >= 11 is 1.39. The van der Waals surface area contributed by atoms with Crippen LogP contribution in [0.15, 0.2) is 36.5 Å². The van der Waals surface area contributed by atoms with Crippen LogP contribution in [0, 0.1) is 0 Å². The smallest absolute Gasteiger partial charge is 0.316 e. The molecule has 0 radical (unpaired) electrons. The number of amides is 3. The number of nitrogens with two attached hydrogens (primary N) is 1. The number of hydrogen-bond donors (Lipinski definition) is 4. The van der Waals surface area contributed by atoms with Crippen LogP contribution in [0.2, 0.25) is 0 Å². The summed E-state index contributed by atoms with van der Waals surface area (Å²) in [6.45, 7) is 4.09. The highest BCUT2D eigenvalue weighted by Gasteiger charge is 2.16. The summed E-state index contributed by atoms with van der Waals surface area (Å²) in [5.74, 6) is -0.164. The first-order valence-electron chi connectivity index (χ1n) is 7.10. The molecular weight excluding hydrogens is 314 g/mol. The van der Waals surface area contributed by atoms with Gasteiger partial charge in [-0.05, 0) is 11.5 Å². The van der Waals surface area contributed by atoms with E-state index in [2.05, 4.69) is 21.2 Å². The second kappa shape index (κ2) is 7.70. The highest BCUT2D eigenvalue weighted by molar-refractivity contribution is 7.15. The van der Waals surface area contributed by atoms with Crippen LogP contribution < -0.4 is 21.9 Å². The fourth-order valence-electron chi connectivity index (χ4n) is 1.75. The summed E-state index contributed by atoms with van der Waals surface area (Å²) in [6, 6.07) is 7.46. The van der Waals surface area contributed by atoms with Crippen molar-refractivity contribution in [3.05, 3.63) is 47.0 Å². The third-order valence-corrected chi connectivity index (χ3v) is 4.27. The minimum atomic E-state index is -0.857. The molecule has 3 amide bonds. The van der Waals surface area contributed by atoms with E-state index in [1.54, 1.807) is 30.5 Å². The van der Waals surface area contributed by atoms with Crippen molar-refractivity contribution in [2.24, 2.45) is 5.73 Å². The third-order valence-electron chi connectivity index (χ3n) is 3.05. The lowest BCUT2D eigenvalue weighted by Crippen LogP contribution is -2.47. The average molecular weight is 333 g/mol. The molecule has 2 aromatic rings. The van der Waals surface area contributed by atoms with Gasteiger partial charge in [0.2, 0.25) is 0 Å². The van der Waals surface area contributed by atoms with Crippen molar-refractivity contribution >= 4 is 28.4 Å². The summed E-state index contributed by atoms with van der Waals surface area (Å²) in [5, 5.41) is 3.02. The predicted octanol–water partition coefficient (Wildman–Crippen LogP) is 2.12. The van der Waals surface area contributed by atoms with Gasteiger partial charge in [0.1, 0.15) is 6.04 Å². The summed E-state index contributed by atoms with van der Waals surface area (Å²) in [7, 11) is 0. The highest BCUT2D eigenvalue weighted by Crippen LogP contribution is 2.24. The molecule has 0 saturated heterocycles. The van der Waals surface area contributed by atoms with Crippen LogP contribution in [0.1, 0.15) is 36.2 Å². The van der Waals surface area contributed by atoms with Crippen molar-refractivity contribution < 1.29 is 9.59 Å². The number of rotatable bonds is 4. The van der Waals surface area contributed by atoms with Crippen LogP contribution in [-0.4, -0.2) is 16.9 Å². The molecule has 7 nitrogen and oxygen atoms in total. The largest absolute Gasteiger partial charge is 0.339 e. The Morgan fingerprint density at radius 1 is 1.17 bits per heavy atom. The number of carbonyl (C=O) groups is 2. The molecule has 2 rings (SSSR count). The maximum atomic E-state index is 11.9. The van der Waals surface area contributed by atoms with Gasteiger partial charge in [0, 0.05) is 11.1 Å². The van der Waals surface area contributed by atoms with E-state index in [9.17, 15) is 9.59 Å². The fourth-order valence-corrected chi connectivity index (χ4v) is 2.56. The summed E-state index contributed by atoms with van der Waals surface area (Å²) in [4.78, 5) is 28.8. The monoisotopic (exact) mass is 333 g/mol. The minimum absolute atomic E-state index is 0.342. The number of benzene rings is 1. The van der Waals surface area contributed by atoms with E-state index in [1.165, 1.54) is 11.3 Å². The molecule has 0 aliphatic carbocycles. The number of anilines is 1. The molecule has 0 unspecified atom stereocenters. The number of hydrazine groups is 1. The number of urea groups is 1. The van der Waals surface area contributed by atoms with Crippen molar-refractivity contribution in [2.75, 3.05) is 5.32 Å². The van der Waals surface area contributed by atoms with Crippen LogP contribution in [0.25, 0.3) is 0 Å². The lowest BCUT2D eigenvalue weighted by atomic mass is 10.1. The van der Waals surface area contributed by atoms with Crippen molar-refractivity contribution in [3.63, 3.8) is 0 Å². The molecule has 0 aliphatic heterocycles. The van der Waals surface area contributed by atoms with E-state index in [0.717, 1.165) is 4.88 Å². The van der Waals surface area contributed by atoms with Gasteiger partial charge in [-0.2, -0.15) is 0 Å². The fraction of sp³-hybridized carbons (Fsp3) is 0.267. The van der Waals surface area contributed by atoms with E-state index >= 15 is 0 Å². The second-order valence-corrected chi connectivity index (χ2v) is 6.24.